The maximum absolute atomic E-state index is 13.1. The Morgan fingerprint density at radius 2 is 1.77 bits per heavy atom. The lowest BCUT2D eigenvalue weighted by Gasteiger charge is -2.22. The molecular formula is C24H29N3O3. The molecule has 1 aliphatic heterocycles. The molecule has 1 aliphatic rings. The Morgan fingerprint density at radius 3 is 2.40 bits per heavy atom. The van der Waals surface area contributed by atoms with E-state index in [2.05, 4.69) is 17.6 Å². The van der Waals surface area contributed by atoms with Crippen molar-refractivity contribution >= 4 is 23.5 Å². The fourth-order valence-electron chi connectivity index (χ4n) is 3.78. The van der Waals surface area contributed by atoms with Gasteiger partial charge in [0.2, 0.25) is 5.91 Å². The second-order valence-corrected chi connectivity index (χ2v) is 8.18. The molecule has 4 amide bonds. The van der Waals surface area contributed by atoms with Crippen molar-refractivity contribution in [3.8, 4) is 0 Å². The summed E-state index contributed by atoms with van der Waals surface area (Å²) in [5.41, 5.74) is 2.40. The number of amides is 4. The second-order valence-electron chi connectivity index (χ2n) is 8.18. The van der Waals surface area contributed by atoms with Crippen LogP contribution in [-0.2, 0) is 21.5 Å². The lowest BCUT2D eigenvalue weighted by Crippen LogP contribution is -2.42. The van der Waals surface area contributed by atoms with Crippen molar-refractivity contribution in [3.05, 3.63) is 65.2 Å². The highest BCUT2D eigenvalue weighted by molar-refractivity contribution is 6.10. The lowest BCUT2D eigenvalue weighted by molar-refractivity contribution is -0.133. The van der Waals surface area contributed by atoms with E-state index in [0.717, 1.165) is 23.3 Å². The van der Waals surface area contributed by atoms with Gasteiger partial charge in [-0.2, -0.15) is 0 Å². The lowest BCUT2D eigenvalue weighted by atomic mass is 9.91. The molecule has 0 saturated carbocycles. The standard InChI is InChI=1S/C24H29N3O3/c1-5-8-17-11-13-18(14-12-17)24(4)22(29)27(23(30)26-24)15-21(28)25-20-10-7-6-9-19(20)16(2)3/h6-7,9-14,16H,5,8,15H2,1-4H3,(H,25,28)(H,26,30)/t24-/m0/s1. The molecule has 1 atom stereocenters. The van der Waals surface area contributed by atoms with Gasteiger partial charge < -0.3 is 10.6 Å². The Hall–Kier alpha value is -3.15. The molecule has 0 unspecified atom stereocenters. The number of carbonyl (C=O) groups is 3. The summed E-state index contributed by atoms with van der Waals surface area (Å²) in [6.07, 6.45) is 2.00. The highest BCUT2D eigenvalue weighted by Gasteiger charge is 2.49. The first kappa shape index (κ1) is 21.6. The summed E-state index contributed by atoms with van der Waals surface area (Å²) < 4.78 is 0. The average Bonchev–Trinajstić information content (AvgIpc) is 2.93. The number of imide groups is 1. The number of rotatable bonds is 7. The number of hydrogen-bond donors (Lipinski definition) is 2. The van der Waals surface area contributed by atoms with Crippen LogP contribution in [-0.4, -0.2) is 29.3 Å². The van der Waals surface area contributed by atoms with Crippen LogP contribution in [0.3, 0.4) is 0 Å². The van der Waals surface area contributed by atoms with Crippen molar-refractivity contribution in [1.29, 1.82) is 0 Å². The SMILES string of the molecule is CCCc1ccc([C@]2(C)NC(=O)N(CC(=O)Nc3ccccc3C(C)C)C2=O)cc1. The van der Waals surface area contributed by atoms with Crippen LogP contribution >= 0.6 is 0 Å². The van der Waals surface area contributed by atoms with Gasteiger partial charge in [0.1, 0.15) is 12.1 Å². The first-order valence-electron chi connectivity index (χ1n) is 10.4. The van der Waals surface area contributed by atoms with Crippen LogP contribution < -0.4 is 10.6 Å². The minimum atomic E-state index is -1.18. The molecule has 6 heteroatoms. The predicted molar refractivity (Wildman–Crippen MR) is 117 cm³/mol. The first-order valence-corrected chi connectivity index (χ1v) is 10.4. The van der Waals surface area contributed by atoms with Crippen LogP contribution in [0, 0.1) is 0 Å². The fraction of sp³-hybridized carbons (Fsp3) is 0.375. The van der Waals surface area contributed by atoms with E-state index in [1.165, 1.54) is 5.56 Å². The quantitative estimate of drug-likeness (QED) is 0.676. The Morgan fingerprint density at radius 1 is 1.10 bits per heavy atom. The third kappa shape index (κ3) is 4.22. The fourth-order valence-corrected chi connectivity index (χ4v) is 3.78. The Labute approximate surface area is 177 Å². The van der Waals surface area contributed by atoms with Gasteiger partial charge in [-0.05, 0) is 42.0 Å². The van der Waals surface area contributed by atoms with Crippen LogP contribution in [0.25, 0.3) is 0 Å². The summed E-state index contributed by atoms with van der Waals surface area (Å²) in [7, 11) is 0. The molecule has 0 spiro atoms. The first-order chi connectivity index (χ1) is 14.3. The van der Waals surface area contributed by atoms with Gasteiger partial charge in [0.05, 0.1) is 0 Å². The third-order valence-electron chi connectivity index (χ3n) is 5.50. The maximum Gasteiger partial charge on any atom is 0.325 e. The molecule has 0 radical (unpaired) electrons. The molecule has 6 nitrogen and oxygen atoms in total. The third-order valence-corrected chi connectivity index (χ3v) is 5.50. The van der Waals surface area contributed by atoms with Gasteiger partial charge in [-0.15, -0.1) is 0 Å². The zero-order valence-corrected chi connectivity index (χ0v) is 18.0. The minimum Gasteiger partial charge on any atom is -0.324 e. The molecule has 30 heavy (non-hydrogen) atoms. The van der Waals surface area contributed by atoms with E-state index < -0.39 is 23.4 Å². The van der Waals surface area contributed by atoms with Gasteiger partial charge in [-0.25, -0.2) is 4.79 Å². The van der Waals surface area contributed by atoms with E-state index >= 15 is 0 Å². The van der Waals surface area contributed by atoms with E-state index in [1.807, 2.05) is 62.4 Å². The van der Waals surface area contributed by atoms with E-state index in [9.17, 15) is 14.4 Å². The topological polar surface area (TPSA) is 78.5 Å². The molecule has 0 aromatic heterocycles. The van der Waals surface area contributed by atoms with Gasteiger partial charge in [0.15, 0.2) is 0 Å². The van der Waals surface area contributed by atoms with Crippen molar-refractivity contribution in [2.24, 2.45) is 0 Å². The zero-order valence-electron chi connectivity index (χ0n) is 18.0. The number of para-hydroxylation sites is 1. The summed E-state index contributed by atoms with van der Waals surface area (Å²) in [6, 6.07) is 14.6. The van der Waals surface area contributed by atoms with Crippen molar-refractivity contribution in [1.82, 2.24) is 10.2 Å². The molecule has 2 N–H and O–H groups in total. The zero-order chi connectivity index (χ0) is 21.9. The number of nitrogens with zero attached hydrogens (tertiary/aromatic N) is 1. The smallest absolute Gasteiger partial charge is 0.324 e. The van der Waals surface area contributed by atoms with E-state index in [4.69, 9.17) is 0 Å². The van der Waals surface area contributed by atoms with Gasteiger partial charge >= 0.3 is 6.03 Å². The van der Waals surface area contributed by atoms with Crippen molar-refractivity contribution < 1.29 is 14.4 Å². The summed E-state index contributed by atoms with van der Waals surface area (Å²) in [5, 5.41) is 5.59. The van der Waals surface area contributed by atoms with Gasteiger partial charge in [-0.1, -0.05) is 69.7 Å². The number of nitrogens with one attached hydrogen (secondary N) is 2. The summed E-state index contributed by atoms with van der Waals surface area (Å²) in [4.78, 5) is 39.2. The van der Waals surface area contributed by atoms with Crippen molar-refractivity contribution in [2.75, 3.05) is 11.9 Å². The minimum absolute atomic E-state index is 0.234. The molecule has 2 aromatic rings. The summed E-state index contributed by atoms with van der Waals surface area (Å²) in [6.45, 7) is 7.53. The van der Waals surface area contributed by atoms with Gasteiger partial charge in [0.25, 0.3) is 5.91 Å². The highest BCUT2D eigenvalue weighted by atomic mass is 16.2. The second kappa shape index (κ2) is 8.69. The number of benzene rings is 2. The maximum atomic E-state index is 13.1. The Kier molecular flexibility index (Phi) is 6.25. The van der Waals surface area contributed by atoms with Crippen LogP contribution in [0.2, 0.25) is 0 Å². The van der Waals surface area contributed by atoms with Crippen LogP contribution in [0.4, 0.5) is 10.5 Å². The summed E-state index contributed by atoms with van der Waals surface area (Å²) >= 11 is 0. The molecule has 1 fully saturated rings. The van der Waals surface area contributed by atoms with Crippen molar-refractivity contribution in [3.63, 3.8) is 0 Å². The van der Waals surface area contributed by atoms with E-state index in [1.54, 1.807) is 6.92 Å². The van der Waals surface area contributed by atoms with E-state index in [-0.39, 0.29) is 12.5 Å². The average molecular weight is 408 g/mol. The molecule has 158 valence electrons. The van der Waals surface area contributed by atoms with E-state index in [0.29, 0.717) is 11.3 Å². The van der Waals surface area contributed by atoms with Gasteiger partial charge in [-0.3, -0.25) is 14.5 Å². The van der Waals surface area contributed by atoms with Crippen LogP contribution in [0.15, 0.2) is 48.5 Å². The van der Waals surface area contributed by atoms with Gasteiger partial charge in [0, 0.05) is 5.69 Å². The number of aryl methyl sites for hydroxylation is 1. The number of anilines is 1. The van der Waals surface area contributed by atoms with Crippen LogP contribution in [0.1, 0.15) is 56.7 Å². The molecule has 1 heterocycles. The normalized spacial score (nSPS) is 18.6. The van der Waals surface area contributed by atoms with Crippen LogP contribution in [0.5, 0.6) is 0 Å². The number of hydrogen-bond acceptors (Lipinski definition) is 3. The monoisotopic (exact) mass is 407 g/mol. The Bertz CT molecular complexity index is 952. The molecule has 2 aromatic carbocycles. The van der Waals surface area contributed by atoms with Crippen molar-refractivity contribution in [2.45, 2.75) is 52.0 Å². The predicted octanol–water partition coefficient (Wildman–Crippen LogP) is 4.17. The largest absolute Gasteiger partial charge is 0.325 e. The number of carbonyl (C=O) groups excluding carboxylic acids is 3. The Balaban J connectivity index is 1.74. The molecule has 0 aliphatic carbocycles. The number of urea groups is 1. The molecular weight excluding hydrogens is 378 g/mol. The molecule has 1 saturated heterocycles. The highest BCUT2D eigenvalue weighted by Crippen LogP contribution is 2.29. The summed E-state index contributed by atoms with van der Waals surface area (Å²) in [5.74, 6) is -0.602. The molecule has 3 rings (SSSR count). The molecule has 0 bridgehead atoms.